The van der Waals surface area contributed by atoms with Gasteiger partial charge in [-0.2, -0.15) is 5.10 Å². The Morgan fingerprint density at radius 2 is 1.94 bits per heavy atom. The van der Waals surface area contributed by atoms with Crippen LogP contribution in [0.15, 0.2) is 30.6 Å². The van der Waals surface area contributed by atoms with Gasteiger partial charge in [0.25, 0.3) is 0 Å². The summed E-state index contributed by atoms with van der Waals surface area (Å²) in [6.45, 7) is 3.80. The number of benzene rings is 1. The van der Waals surface area contributed by atoms with E-state index in [1.165, 1.54) is 11.1 Å². The first kappa shape index (κ1) is 11.8. The highest BCUT2D eigenvalue weighted by molar-refractivity contribution is 5.26. The van der Waals surface area contributed by atoms with Gasteiger partial charge in [-0.15, -0.1) is 0 Å². The number of hydrogen-bond acceptors (Lipinski definition) is 3. The van der Waals surface area contributed by atoms with Gasteiger partial charge in [0.15, 0.2) is 0 Å². The zero-order valence-electron chi connectivity index (χ0n) is 10.3. The lowest BCUT2D eigenvalue weighted by atomic mass is 10.1. The topological polar surface area (TPSA) is 42.7 Å². The zero-order chi connectivity index (χ0) is 12.1. The van der Waals surface area contributed by atoms with Gasteiger partial charge in [-0.3, -0.25) is 4.68 Å². The number of aryl methyl sites for hydroxylation is 2. The fraction of sp³-hybridized carbons (Fsp3) is 0.385. The average molecular weight is 230 g/mol. The molecule has 90 valence electrons. The maximum atomic E-state index is 4.18. The highest BCUT2D eigenvalue weighted by atomic mass is 15.3. The molecule has 0 atom stereocenters. The van der Waals surface area contributed by atoms with Gasteiger partial charge >= 0.3 is 0 Å². The van der Waals surface area contributed by atoms with Crippen molar-refractivity contribution in [3.63, 3.8) is 0 Å². The summed E-state index contributed by atoms with van der Waals surface area (Å²) in [5, 5.41) is 7.44. The summed E-state index contributed by atoms with van der Waals surface area (Å²) in [7, 11) is 1.91. The molecule has 0 bridgehead atoms. The van der Waals surface area contributed by atoms with Gasteiger partial charge < -0.3 is 5.32 Å². The Kier molecular flexibility index (Phi) is 3.88. The van der Waals surface area contributed by atoms with Crippen molar-refractivity contribution in [1.29, 1.82) is 0 Å². The van der Waals surface area contributed by atoms with Crippen molar-refractivity contribution in [1.82, 2.24) is 20.1 Å². The second-order valence-electron chi connectivity index (χ2n) is 4.03. The van der Waals surface area contributed by atoms with E-state index in [-0.39, 0.29) is 0 Å². The fourth-order valence-corrected chi connectivity index (χ4v) is 1.86. The van der Waals surface area contributed by atoms with E-state index in [0.29, 0.717) is 0 Å². The van der Waals surface area contributed by atoms with Gasteiger partial charge in [-0.25, -0.2) is 4.98 Å². The molecule has 0 amide bonds. The summed E-state index contributed by atoms with van der Waals surface area (Å²) in [6.07, 6.45) is 2.65. The number of hydrogen-bond donors (Lipinski definition) is 1. The van der Waals surface area contributed by atoms with Crippen molar-refractivity contribution in [2.45, 2.75) is 26.4 Å². The van der Waals surface area contributed by atoms with Crippen molar-refractivity contribution in [3.8, 4) is 0 Å². The Hall–Kier alpha value is -1.68. The standard InChI is InChI=1S/C13H18N4/c1-3-11-6-4-5-7-12(11)8-14-9-13-15-10-16-17(13)2/h4-7,10,14H,3,8-9H2,1-2H3. The Balaban J connectivity index is 1.92. The average Bonchev–Trinajstić information content (AvgIpc) is 2.76. The molecule has 4 nitrogen and oxygen atoms in total. The summed E-state index contributed by atoms with van der Waals surface area (Å²) >= 11 is 0. The second-order valence-corrected chi connectivity index (χ2v) is 4.03. The van der Waals surface area contributed by atoms with Crippen molar-refractivity contribution in [3.05, 3.63) is 47.5 Å². The third-order valence-corrected chi connectivity index (χ3v) is 2.90. The molecule has 1 heterocycles. The molecule has 1 N–H and O–H groups in total. The van der Waals surface area contributed by atoms with Crippen LogP contribution in [0.25, 0.3) is 0 Å². The van der Waals surface area contributed by atoms with Crippen molar-refractivity contribution in [2.24, 2.45) is 7.05 Å². The van der Waals surface area contributed by atoms with Crippen LogP contribution in [0.3, 0.4) is 0 Å². The van der Waals surface area contributed by atoms with Crippen LogP contribution in [0.1, 0.15) is 23.9 Å². The zero-order valence-corrected chi connectivity index (χ0v) is 10.3. The Morgan fingerprint density at radius 1 is 1.18 bits per heavy atom. The lowest BCUT2D eigenvalue weighted by Crippen LogP contribution is -2.17. The molecule has 0 unspecified atom stereocenters. The number of aromatic nitrogens is 3. The summed E-state index contributed by atoms with van der Waals surface area (Å²) in [5.41, 5.74) is 2.76. The van der Waals surface area contributed by atoms with Gasteiger partial charge in [-0.1, -0.05) is 31.2 Å². The van der Waals surface area contributed by atoms with Crippen molar-refractivity contribution in [2.75, 3.05) is 0 Å². The van der Waals surface area contributed by atoms with Gasteiger partial charge in [0, 0.05) is 13.6 Å². The monoisotopic (exact) mass is 230 g/mol. The SMILES string of the molecule is CCc1ccccc1CNCc1ncnn1C. The molecule has 0 aliphatic heterocycles. The summed E-state index contributed by atoms with van der Waals surface area (Å²) < 4.78 is 1.79. The number of rotatable bonds is 5. The molecule has 4 heteroatoms. The van der Waals surface area contributed by atoms with Crippen LogP contribution >= 0.6 is 0 Å². The minimum absolute atomic E-state index is 0.745. The minimum Gasteiger partial charge on any atom is -0.306 e. The first-order chi connectivity index (χ1) is 8.31. The third-order valence-electron chi connectivity index (χ3n) is 2.90. The molecule has 0 radical (unpaired) electrons. The molecule has 0 fully saturated rings. The molecule has 1 aromatic heterocycles. The normalized spacial score (nSPS) is 10.7. The third kappa shape index (κ3) is 2.91. The van der Waals surface area contributed by atoms with E-state index in [2.05, 4.69) is 46.6 Å². The van der Waals surface area contributed by atoms with Crippen LogP contribution in [0.4, 0.5) is 0 Å². The summed E-state index contributed by atoms with van der Waals surface area (Å²) in [6, 6.07) is 8.52. The van der Waals surface area contributed by atoms with E-state index in [9.17, 15) is 0 Å². The van der Waals surface area contributed by atoms with E-state index in [1.807, 2.05) is 7.05 Å². The van der Waals surface area contributed by atoms with Crippen LogP contribution in [-0.2, 0) is 26.6 Å². The molecule has 17 heavy (non-hydrogen) atoms. The van der Waals surface area contributed by atoms with Gasteiger partial charge in [-0.05, 0) is 17.5 Å². The highest BCUT2D eigenvalue weighted by Crippen LogP contribution is 2.09. The van der Waals surface area contributed by atoms with Crippen LogP contribution in [0.5, 0.6) is 0 Å². The Bertz CT molecular complexity index is 476. The Morgan fingerprint density at radius 3 is 2.59 bits per heavy atom. The van der Waals surface area contributed by atoms with Crippen LogP contribution in [0, 0.1) is 0 Å². The minimum atomic E-state index is 0.745. The van der Waals surface area contributed by atoms with Crippen molar-refractivity contribution >= 4 is 0 Å². The second kappa shape index (κ2) is 5.59. The van der Waals surface area contributed by atoms with Crippen LogP contribution in [-0.4, -0.2) is 14.8 Å². The van der Waals surface area contributed by atoms with E-state index in [4.69, 9.17) is 0 Å². The van der Waals surface area contributed by atoms with Crippen molar-refractivity contribution < 1.29 is 0 Å². The quantitative estimate of drug-likeness (QED) is 0.849. The number of nitrogens with zero attached hydrogens (tertiary/aromatic N) is 3. The molecule has 0 aliphatic rings. The van der Waals surface area contributed by atoms with E-state index < -0.39 is 0 Å². The highest BCUT2D eigenvalue weighted by Gasteiger charge is 2.01. The predicted molar refractivity (Wildman–Crippen MR) is 67.4 cm³/mol. The fourth-order valence-electron chi connectivity index (χ4n) is 1.86. The van der Waals surface area contributed by atoms with E-state index in [0.717, 1.165) is 25.3 Å². The largest absolute Gasteiger partial charge is 0.306 e. The van der Waals surface area contributed by atoms with Gasteiger partial charge in [0.05, 0.1) is 6.54 Å². The molecular weight excluding hydrogens is 212 g/mol. The maximum absolute atomic E-state index is 4.18. The maximum Gasteiger partial charge on any atom is 0.140 e. The van der Waals surface area contributed by atoms with Crippen LogP contribution in [0.2, 0.25) is 0 Å². The molecular formula is C13H18N4. The van der Waals surface area contributed by atoms with Gasteiger partial charge in [0.2, 0.25) is 0 Å². The lowest BCUT2D eigenvalue weighted by molar-refractivity contribution is 0.612. The molecule has 0 saturated carbocycles. The predicted octanol–water partition coefficient (Wildman–Crippen LogP) is 1.67. The van der Waals surface area contributed by atoms with Crippen LogP contribution < -0.4 is 5.32 Å². The first-order valence-electron chi connectivity index (χ1n) is 5.91. The van der Waals surface area contributed by atoms with Gasteiger partial charge in [0.1, 0.15) is 12.2 Å². The summed E-state index contributed by atoms with van der Waals surface area (Å²) in [4.78, 5) is 4.18. The van der Waals surface area contributed by atoms with E-state index >= 15 is 0 Å². The molecule has 0 aliphatic carbocycles. The first-order valence-corrected chi connectivity index (χ1v) is 5.91. The molecule has 0 saturated heterocycles. The molecule has 2 aromatic rings. The smallest absolute Gasteiger partial charge is 0.140 e. The lowest BCUT2D eigenvalue weighted by Gasteiger charge is -2.08. The van der Waals surface area contributed by atoms with E-state index in [1.54, 1.807) is 11.0 Å². The number of nitrogens with one attached hydrogen (secondary N) is 1. The summed E-state index contributed by atoms with van der Waals surface area (Å²) in [5.74, 6) is 0.957. The molecule has 0 spiro atoms. The molecule has 1 aromatic carbocycles. The Labute approximate surface area is 102 Å². The molecule has 2 rings (SSSR count).